The third-order valence-electron chi connectivity index (χ3n) is 4.51. The van der Waals surface area contributed by atoms with Crippen molar-refractivity contribution < 1.29 is 14.0 Å². The van der Waals surface area contributed by atoms with Crippen LogP contribution in [0.4, 0.5) is 10.1 Å². The van der Waals surface area contributed by atoms with Crippen LogP contribution < -0.4 is 10.6 Å². The van der Waals surface area contributed by atoms with Gasteiger partial charge in [-0.1, -0.05) is 57.0 Å². The molecule has 7 nitrogen and oxygen atoms in total. The van der Waals surface area contributed by atoms with Crippen LogP contribution in [0.25, 0.3) is 0 Å². The van der Waals surface area contributed by atoms with Crippen LogP contribution >= 0.6 is 50.9 Å². The number of amides is 2. The lowest BCUT2D eigenvalue weighted by Gasteiger charge is -2.16. The van der Waals surface area contributed by atoms with E-state index in [0.29, 0.717) is 27.0 Å². The van der Waals surface area contributed by atoms with Gasteiger partial charge in [-0.3, -0.25) is 9.59 Å². The largest absolute Gasteiger partial charge is 0.342 e. The molecule has 0 spiro atoms. The van der Waals surface area contributed by atoms with Crippen LogP contribution in [0.3, 0.4) is 0 Å². The van der Waals surface area contributed by atoms with E-state index in [1.807, 2.05) is 0 Å². The lowest BCUT2D eigenvalue weighted by Crippen LogP contribution is -2.29. The SMILES string of the molecule is C=CCn1c(SCC(=O)Nc2ccc(Br)cc2F)nnc1C(C)NC(=O)c1ccc(Cl)cc1Cl. The lowest BCUT2D eigenvalue weighted by atomic mass is 10.2. The van der Waals surface area contributed by atoms with Gasteiger partial charge in [0.2, 0.25) is 5.91 Å². The number of thioether (sulfide) groups is 1. The quantitative estimate of drug-likeness (QED) is 0.241. The molecule has 0 radical (unpaired) electrons. The van der Waals surface area contributed by atoms with Crippen LogP contribution in [0.1, 0.15) is 29.1 Å². The molecule has 0 fully saturated rings. The summed E-state index contributed by atoms with van der Waals surface area (Å²) in [5.74, 6) is -0.895. The van der Waals surface area contributed by atoms with Gasteiger partial charge < -0.3 is 15.2 Å². The zero-order valence-corrected chi connectivity index (χ0v) is 21.7. The van der Waals surface area contributed by atoms with Gasteiger partial charge in [0, 0.05) is 16.0 Å². The zero-order valence-electron chi connectivity index (χ0n) is 17.8. The first-order valence-electron chi connectivity index (χ1n) is 9.87. The number of nitrogens with zero attached hydrogens (tertiary/aromatic N) is 3. The van der Waals surface area contributed by atoms with E-state index >= 15 is 0 Å². The molecule has 1 aromatic heterocycles. The molecule has 178 valence electrons. The van der Waals surface area contributed by atoms with Gasteiger partial charge in [-0.2, -0.15) is 0 Å². The number of aromatic nitrogens is 3. The number of benzene rings is 2. The molecule has 0 aliphatic heterocycles. The van der Waals surface area contributed by atoms with Crippen molar-refractivity contribution in [1.82, 2.24) is 20.1 Å². The molecule has 34 heavy (non-hydrogen) atoms. The lowest BCUT2D eigenvalue weighted by molar-refractivity contribution is -0.113. The number of carbonyl (C=O) groups is 2. The van der Waals surface area contributed by atoms with Crippen molar-refractivity contribution in [1.29, 1.82) is 0 Å². The summed E-state index contributed by atoms with van der Waals surface area (Å²) < 4.78 is 16.3. The number of carbonyl (C=O) groups excluding carboxylic acids is 2. The molecule has 3 rings (SSSR count). The Bertz CT molecular complexity index is 1240. The summed E-state index contributed by atoms with van der Waals surface area (Å²) in [4.78, 5) is 25.0. The Kier molecular flexibility index (Phi) is 9.12. The van der Waals surface area contributed by atoms with Crippen LogP contribution in [0.5, 0.6) is 0 Å². The molecule has 0 aliphatic carbocycles. The molecule has 12 heteroatoms. The number of hydrogen-bond donors (Lipinski definition) is 2. The molecular weight excluding hydrogens is 568 g/mol. The highest BCUT2D eigenvalue weighted by Gasteiger charge is 2.21. The van der Waals surface area contributed by atoms with Gasteiger partial charge in [-0.15, -0.1) is 16.8 Å². The van der Waals surface area contributed by atoms with E-state index in [0.717, 1.165) is 11.8 Å². The van der Waals surface area contributed by atoms with Crippen molar-refractivity contribution in [2.75, 3.05) is 11.1 Å². The standard InChI is InChI=1S/C22H19BrCl2FN5O2S/c1-3-8-31-20(12(2)27-21(33)15-6-5-14(24)10-16(15)25)29-30-22(31)34-11-19(32)28-18-7-4-13(23)9-17(18)26/h3-7,9-10,12H,1,8,11H2,2H3,(H,27,33)(H,28,32). The highest BCUT2D eigenvalue weighted by Crippen LogP contribution is 2.24. The average Bonchev–Trinajstić information content (AvgIpc) is 3.17. The first-order valence-corrected chi connectivity index (χ1v) is 12.4. The maximum atomic E-state index is 14.0. The summed E-state index contributed by atoms with van der Waals surface area (Å²) in [6, 6.07) is 8.45. The Labute approximate surface area is 218 Å². The second-order valence-corrected chi connectivity index (χ2v) is 9.72. The first kappa shape index (κ1) is 26.2. The Morgan fingerprint density at radius 2 is 2.03 bits per heavy atom. The molecule has 1 atom stereocenters. The van der Waals surface area contributed by atoms with Gasteiger partial charge in [-0.05, 0) is 43.3 Å². The molecule has 2 amide bonds. The molecule has 1 heterocycles. The van der Waals surface area contributed by atoms with Crippen molar-refractivity contribution in [2.24, 2.45) is 0 Å². The van der Waals surface area contributed by atoms with Gasteiger partial charge in [-0.25, -0.2) is 4.39 Å². The summed E-state index contributed by atoms with van der Waals surface area (Å²) in [7, 11) is 0. The highest BCUT2D eigenvalue weighted by atomic mass is 79.9. The van der Waals surface area contributed by atoms with Gasteiger partial charge >= 0.3 is 0 Å². The Hall–Kier alpha value is -2.40. The van der Waals surface area contributed by atoms with E-state index in [1.165, 1.54) is 24.3 Å². The highest BCUT2D eigenvalue weighted by molar-refractivity contribution is 9.10. The normalized spacial score (nSPS) is 11.7. The van der Waals surface area contributed by atoms with Crippen LogP contribution in [0.2, 0.25) is 10.0 Å². The van der Waals surface area contributed by atoms with Gasteiger partial charge in [0.1, 0.15) is 5.82 Å². The monoisotopic (exact) mass is 585 g/mol. The van der Waals surface area contributed by atoms with Crippen molar-refractivity contribution in [3.8, 4) is 0 Å². The summed E-state index contributed by atoms with van der Waals surface area (Å²) in [5.41, 5.74) is 0.360. The fourth-order valence-corrected chi connectivity index (χ4v) is 4.53. The second-order valence-electron chi connectivity index (χ2n) is 7.02. The summed E-state index contributed by atoms with van der Waals surface area (Å²) in [6.07, 6.45) is 1.65. The third kappa shape index (κ3) is 6.59. The molecule has 0 saturated carbocycles. The fraction of sp³-hybridized carbons (Fsp3) is 0.182. The maximum Gasteiger partial charge on any atom is 0.253 e. The summed E-state index contributed by atoms with van der Waals surface area (Å²) >= 11 is 16.3. The number of halogens is 4. The molecule has 2 N–H and O–H groups in total. The van der Waals surface area contributed by atoms with E-state index in [-0.39, 0.29) is 22.0 Å². The van der Waals surface area contributed by atoms with Gasteiger partial charge in [0.25, 0.3) is 5.91 Å². The Balaban J connectivity index is 1.68. The van der Waals surface area contributed by atoms with E-state index in [4.69, 9.17) is 23.2 Å². The van der Waals surface area contributed by atoms with E-state index in [9.17, 15) is 14.0 Å². The molecule has 0 bridgehead atoms. The number of hydrogen-bond acceptors (Lipinski definition) is 5. The average molecular weight is 587 g/mol. The minimum atomic E-state index is -0.546. The number of rotatable bonds is 9. The summed E-state index contributed by atoms with van der Waals surface area (Å²) in [5, 5.41) is 14.8. The molecule has 1 unspecified atom stereocenters. The van der Waals surface area contributed by atoms with Crippen LogP contribution in [-0.2, 0) is 11.3 Å². The Morgan fingerprint density at radius 1 is 1.26 bits per heavy atom. The third-order valence-corrected chi connectivity index (χ3v) is 6.51. The second kappa shape index (κ2) is 11.8. The minimum Gasteiger partial charge on any atom is -0.342 e. The van der Waals surface area contributed by atoms with Crippen molar-refractivity contribution in [2.45, 2.75) is 24.7 Å². The molecule has 2 aromatic carbocycles. The van der Waals surface area contributed by atoms with E-state index in [1.54, 1.807) is 29.7 Å². The Morgan fingerprint density at radius 3 is 2.71 bits per heavy atom. The van der Waals surface area contributed by atoms with E-state index in [2.05, 4.69) is 43.3 Å². The van der Waals surface area contributed by atoms with Gasteiger partial charge in [0.15, 0.2) is 11.0 Å². The van der Waals surface area contributed by atoms with E-state index < -0.39 is 23.7 Å². The van der Waals surface area contributed by atoms with Crippen LogP contribution in [0, 0.1) is 5.82 Å². The number of nitrogens with one attached hydrogen (secondary N) is 2. The fourth-order valence-electron chi connectivity index (χ4n) is 2.95. The molecular formula is C22H19BrCl2FN5O2S. The topological polar surface area (TPSA) is 88.9 Å². The number of anilines is 1. The maximum absolute atomic E-state index is 14.0. The van der Waals surface area contributed by atoms with Crippen LogP contribution in [0.15, 0.2) is 58.7 Å². The molecule has 0 aliphatic rings. The number of allylic oxidation sites excluding steroid dienone is 1. The van der Waals surface area contributed by atoms with Crippen molar-refractivity contribution in [3.63, 3.8) is 0 Å². The summed E-state index contributed by atoms with van der Waals surface area (Å²) in [6.45, 7) is 5.86. The van der Waals surface area contributed by atoms with Crippen molar-refractivity contribution >= 4 is 68.4 Å². The smallest absolute Gasteiger partial charge is 0.253 e. The van der Waals surface area contributed by atoms with Crippen molar-refractivity contribution in [3.05, 3.63) is 80.8 Å². The predicted molar refractivity (Wildman–Crippen MR) is 136 cm³/mol. The molecule has 0 saturated heterocycles. The molecule has 3 aromatic rings. The first-order chi connectivity index (χ1) is 16.2. The predicted octanol–water partition coefficient (Wildman–Crippen LogP) is 5.89. The van der Waals surface area contributed by atoms with Crippen LogP contribution in [-0.4, -0.2) is 32.3 Å². The van der Waals surface area contributed by atoms with Gasteiger partial charge in [0.05, 0.1) is 28.1 Å². The minimum absolute atomic E-state index is 0.0219. The zero-order chi connectivity index (χ0) is 24.8.